The van der Waals surface area contributed by atoms with E-state index in [1.165, 1.54) is 12.8 Å². The van der Waals surface area contributed by atoms with Crippen molar-refractivity contribution in [2.45, 2.75) is 45.6 Å². The summed E-state index contributed by atoms with van der Waals surface area (Å²) in [5.41, 5.74) is 0.852. The number of hydrogen-bond acceptors (Lipinski definition) is 3. The van der Waals surface area contributed by atoms with Gasteiger partial charge in [-0.05, 0) is 31.0 Å². The minimum atomic E-state index is 0.0708. The highest BCUT2D eigenvalue weighted by molar-refractivity contribution is 5.79. The second kappa shape index (κ2) is 5.65. The van der Waals surface area contributed by atoms with Crippen molar-refractivity contribution in [2.75, 3.05) is 6.61 Å². The first kappa shape index (κ1) is 13.2. The van der Waals surface area contributed by atoms with Crippen LogP contribution in [0.25, 0.3) is 10.9 Å². The molecule has 0 aliphatic carbocycles. The molecule has 20 heavy (non-hydrogen) atoms. The summed E-state index contributed by atoms with van der Waals surface area (Å²) in [6.45, 7) is 3.67. The zero-order valence-corrected chi connectivity index (χ0v) is 11.9. The average Bonchev–Trinajstić information content (AvgIpc) is 2.93. The lowest BCUT2D eigenvalue weighted by Gasteiger charge is -2.08. The second-order valence-corrected chi connectivity index (χ2v) is 5.32. The van der Waals surface area contributed by atoms with Crippen molar-refractivity contribution >= 4 is 10.9 Å². The lowest BCUT2D eigenvalue weighted by molar-refractivity contribution is 0.306. The molecular weight excluding hydrogens is 252 g/mol. The zero-order valence-electron chi connectivity index (χ0n) is 11.9. The summed E-state index contributed by atoms with van der Waals surface area (Å²) in [6, 6.07) is 5.64. The third-order valence-electron chi connectivity index (χ3n) is 3.80. The van der Waals surface area contributed by atoms with Crippen LogP contribution in [-0.4, -0.2) is 16.2 Å². The van der Waals surface area contributed by atoms with E-state index in [-0.39, 0.29) is 5.56 Å². The van der Waals surface area contributed by atoms with Crippen LogP contribution in [-0.2, 0) is 13.0 Å². The van der Waals surface area contributed by atoms with Crippen LogP contribution < -0.4 is 10.3 Å². The van der Waals surface area contributed by atoms with Gasteiger partial charge < -0.3 is 4.74 Å². The van der Waals surface area contributed by atoms with E-state index in [4.69, 9.17) is 4.74 Å². The Morgan fingerprint density at radius 2 is 2.25 bits per heavy atom. The van der Waals surface area contributed by atoms with Crippen LogP contribution in [0.5, 0.6) is 5.75 Å². The van der Waals surface area contributed by atoms with E-state index in [0.29, 0.717) is 12.0 Å². The van der Waals surface area contributed by atoms with E-state index in [1.54, 1.807) is 4.57 Å². The summed E-state index contributed by atoms with van der Waals surface area (Å²) in [5.74, 6) is 1.69. The van der Waals surface area contributed by atoms with E-state index in [1.807, 2.05) is 18.2 Å². The molecule has 0 amide bonds. The summed E-state index contributed by atoms with van der Waals surface area (Å²) in [5, 5.41) is 0.670. The van der Waals surface area contributed by atoms with E-state index < -0.39 is 0 Å². The predicted molar refractivity (Wildman–Crippen MR) is 79.3 cm³/mol. The standard InChI is InChI=1S/C16H20N2O2/c1-2-3-4-10-20-12-7-8-14-13(11-12)16(19)18-9-5-6-15(18)17-14/h7-8,11H,2-6,9-10H2,1H3. The zero-order chi connectivity index (χ0) is 13.9. The second-order valence-electron chi connectivity index (χ2n) is 5.32. The van der Waals surface area contributed by atoms with Crippen LogP contribution in [0.4, 0.5) is 0 Å². The molecule has 0 radical (unpaired) electrons. The molecule has 0 saturated heterocycles. The van der Waals surface area contributed by atoms with Gasteiger partial charge in [0.05, 0.1) is 17.5 Å². The highest BCUT2D eigenvalue weighted by Crippen LogP contribution is 2.20. The molecular formula is C16H20N2O2. The number of fused-ring (bicyclic) bond motifs is 2. The van der Waals surface area contributed by atoms with E-state index >= 15 is 0 Å². The fourth-order valence-corrected chi connectivity index (χ4v) is 2.69. The maximum Gasteiger partial charge on any atom is 0.261 e. The van der Waals surface area contributed by atoms with Gasteiger partial charge in [0.2, 0.25) is 0 Å². The van der Waals surface area contributed by atoms with Gasteiger partial charge in [-0.1, -0.05) is 19.8 Å². The molecule has 1 aliphatic heterocycles. The number of aryl methyl sites for hydroxylation is 1. The van der Waals surface area contributed by atoms with Gasteiger partial charge >= 0.3 is 0 Å². The van der Waals surface area contributed by atoms with E-state index in [9.17, 15) is 4.79 Å². The minimum absolute atomic E-state index is 0.0708. The molecule has 1 aliphatic rings. The lowest BCUT2D eigenvalue weighted by atomic mass is 10.2. The minimum Gasteiger partial charge on any atom is -0.494 e. The van der Waals surface area contributed by atoms with Crippen molar-refractivity contribution in [3.8, 4) is 5.75 Å². The van der Waals surface area contributed by atoms with Gasteiger partial charge in [0.25, 0.3) is 5.56 Å². The molecule has 3 rings (SSSR count). The molecule has 0 unspecified atom stereocenters. The van der Waals surface area contributed by atoms with Gasteiger partial charge in [-0.15, -0.1) is 0 Å². The van der Waals surface area contributed by atoms with Crippen LogP contribution in [0.2, 0.25) is 0 Å². The number of rotatable bonds is 5. The molecule has 0 spiro atoms. The van der Waals surface area contributed by atoms with Gasteiger partial charge in [-0.25, -0.2) is 4.98 Å². The molecule has 4 nitrogen and oxygen atoms in total. The normalized spacial score (nSPS) is 13.7. The molecule has 4 heteroatoms. The lowest BCUT2D eigenvalue weighted by Crippen LogP contribution is -2.20. The molecule has 2 aromatic rings. The number of unbranched alkanes of at least 4 members (excludes halogenated alkanes) is 2. The Kier molecular flexibility index (Phi) is 3.72. The third-order valence-corrected chi connectivity index (χ3v) is 3.80. The highest BCUT2D eigenvalue weighted by Gasteiger charge is 2.16. The molecule has 0 fully saturated rings. The smallest absolute Gasteiger partial charge is 0.261 e. The summed E-state index contributed by atoms with van der Waals surface area (Å²) >= 11 is 0. The van der Waals surface area contributed by atoms with E-state index in [2.05, 4.69) is 11.9 Å². The predicted octanol–water partition coefficient (Wildman–Crippen LogP) is 2.91. The monoisotopic (exact) mass is 272 g/mol. The number of nitrogens with zero attached hydrogens (tertiary/aromatic N) is 2. The van der Waals surface area contributed by atoms with Crippen molar-refractivity contribution < 1.29 is 4.74 Å². The quantitative estimate of drug-likeness (QED) is 0.786. The number of benzene rings is 1. The molecule has 1 aromatic heterocycles. The maximum atomic E-state index is 12.4. The van der Waals surface area contributed by atoms with Gasteiger partial charge in [0.15, 0.2) is 0 Å². The Bertz CT molecular complexity index is 676. The molecule has 0 saturated carbocycles. The summed E-state index contributed by atoms with van der Waals surface area (Å²) in [7, 11) is 0. The third kappa shape index (κ3) is 2.42. The van der Waals surface area contributed by atoms with Gasteiger partial charge in [0.1, 0.15) is 11.6 Å². The summed E-state index contributed by atoms with van der Waals surface area (Å²) in [4.78, 5) is 17.0. The number of ether oxygens (including phenoxy) is 1. The largest absolute Gasteiger partial charge is 0.494 e. The topological polar surface area (TPSA) is 44.1 Å². The summed E-state index contributed by atoms with van der Waals surface area (Å²) in [6.07, 6.45) is 5.32. The number of hydrogen-bond donors (Lipinski definition) is 0. The van der Waals surface area contributed by atoms with Crippen LogP contribution in [0, 0.1) is 0 Å². The van der Waals surface area contributed by atoms with Crippen molar-refractivity contribution in [2.24, 2.45) is 0 Å². The number of aromatic nitrogens is 2. The van der Waals surface area contributed by atoms with Crippen LogP contribution in [0.15, 0.2) is 23.0 Å². The Morgan fingerprint density at radius 1 is 1.35 bits per heavy atom. The summed E-state index contributed by atoms with van der Waals surface area (Å²) < 4.78 is 7.51. The van der Waals surface area contributed by atoms with Crippen molar-refractivity contribution in [1.82, 2.24) is 9.55 Å². The maximum absolute atomic E-state index is 12.4. The fraction of sp³-hybridized carbons (Fsp3) is 0.500. The van der Waals surface area contributed by atoms with Crippen LogP contribution in [0.3, 0.4) is 0 Å². The molecule has 0 N–H and O–H groups in total. The van der Waals surface area contributed by atoms with Crippen LogP contribution in [0.1, 0.15) is 38.4 Å². The average molecular weight is 272 g/mol. The Balaban J connectivity index is 1.89. The Hall–Kier alpha value is -1.84. The fourth-order valence-electron chi connectivity index (χ4n) is 2.69. The van der Waals surface area contributed by atoms with Crippen molar-refractivity contribution in [3.05, 3.63) is 34.4 Å². The van der Waals surface area contributed by atoms with Gasteiger partial charge in [-0.3, -0.25) is 9.36 Å². The van der Waals surface area contributed by atoms with Crippen molar-refractivity contribution in [1.29, 1.82) is 0 Å². The SMILES string of the molecule is CCCCCOc1ccc2nc3n(c(=O)c2c1)CCC3. The molecule has 1 aromatic carbocycles. The Labute approximate surface area is 118 Å². The van der Waals surface area contributed by atoms with E-state index in [0.717, 1.165) is 42.9 Å². The molecule has 0 bridgehead atoms. The van der Waals surface area contributed by atoms with Gasteiger partial charge in [-0.2, -0.15) is 0 Å². The molecule has 106 valence electrons. The highest BCUT2D eigenvalue weighted by atomic mass is 16.5. The first-order valence-corrected chi connectivity index (χ1v) is 7.46. The van der Waals surface area contributed by atoms with Crippen molar-refractivity contribution in [3.63, 3.8) is 0 Å². The first-order valence-electron chi connectivity index (χ1n) is 7.46. The molecule has 0 atom stereocenters. The Morgan fingerprint density at radius 3 is 3.10 bits per heavy atom. The van der Waals surface area contributed by atoms with Crippen LogP contribution >= 0.6 is 0 Å². The molecule has 2 heterocycles. The van der Waals surface area contributed by atoms with Gasteiger partial charge in [0, 0.05) is 13.0 Å². The first-order chi connectivity index (χ1) is 9.79.